The SMILES string of the molecule is CC(C)C(=O)N1CCC(c2cc(-c3ccc(-c4ccn(-c5ccc(F)cn5)c(=O)c4C(N)=O)cc3)c3c(N)nn(C)c3c2)CC1. The normalized spacial score (nSPS) is 13.9. The Morgan fingerprint density at radius 1 is 0.978 bits per heavy atom. The fourth-order valence-electron chi connectivity index (χ4n) is 6.23. The lowest BCUT2D eigenvalue weighted by Gasteiger charge is -2.33. The summed E-state index contributed by atoms with van der Waals surface area (Å²) in [7, 11) is 1.87. The van der Waals surface area contributed by atoms with Crippen LogP contribution < -0.4 is 17.0 Å². The lowest BCUT2D eigenvalue weighted by atomic mass is 9.86. The van der Waals surface area contributed by atoms with Crippen molar-refractivity contribution in [2.24, 2.45) is 18.7 Å². The zero-order valence-electron chi connectivity index (χ0n) is 25.3. The molecule has 0 radical (unpaired) electrons. The van der Waals surface area contributed by atoms with Crippen LogP contribution in [0, 0.1) is 11.7 Å². The molecule has 5 aromatic rings. The van der Waals surface area contributed by atoms with Crippen LogP contribution in [0.4, 0.5) is 10.2 Å². The average Bonchev–Trinajstić information content (AvgIpc) is 3.33. The number of nitrogens with two attached hydrogens (primary N) is 2. The number of nitrogen functional groups attached to an aromatic ring is 1. The van der Waals surface area contributed by atoms with Crippen molar-refractivity contribution in [3.8, 4) is 28.1 Å². The van der Waals surface area contributed by atoms with Crippen LogP contribution in [-0.4, -0.2) is 49.1 Å². The van der Waals surface area contributed by atoms with E-state index in [-0.39, 0.29) is 29.1 Å². The number of anilines is 1. The second-order valence-electron chi connectivity index (χ2n) is 11.8. The van der Waals surface area contributed by atoms with Crippen molar-refractivity contribution in [3.05, 3.63) is 94.3 Å². The fourth-order valence-corrected chi connectivity index (χ4v) is 6.23. The van der Waals surface area contributed by atoms with E-state index in [9.17, 15) is 18.8 Å². The minimum Gasteiger partial charge on any atom is -0.382 e. The Hall–Kier alpha value is -5.32. The van der Waals surface area contributed by atoms with E-state index in [4.69, 9.17) is 11.5 Å². The van der Waals surface area contributed by atoms with E-state index >= 15 is 0 Å². The molecule has 1 fully saturated rings. The molecule has 0 unspecified atom stereocenters. The molecule has 230 valence electrons. The van der Waals surface area contributed by atoms with Gasteiger partial charge in [0.05, 0.1) is 17.1 Å². The van der Waals surface area contributed by atoms with Crippen molar-refractivity contribution in [1.82, 2.24) is 24.2 Å². The van der Waals surface area contributed by atoms with E-state index in [0.29, 0.717) is 16.9 Å². The fraction of sp³-hybridized carbons (Fsp3) is 0.265. The molecule has 10 nitrogen and oxygen atoms in total. The summed E-state index contributed by atoms with van der Waals surface area (Å²) in [6.45, 7) is 5.30. The van der Waals surface area contributed by atoms with Crippen molar-refractivity contribution < 1.29 is 14.0 Å². The topological polar surface area (TPSA) is 142 Å². The van der Waals surface area contributed by atoms with Gasteiger partial charge in [0.15, 0.2) is 5.82 Å². The molecule has 1 aliphatic heterocycles. The molecule has 3 aromatic heterocycles. The number of carbonyl (C=O) groups excluding carboxylic acids is 2. The standard InChI is InChI=1S/C34H34FN7O3/c1-19(2)33(44)41-13-10-20(11-14-41)23-16-26(29-27(17-23)40(3)39-31(29)36)22-6-4-21(5-7-22)25-12-15-42(34(45)30(25)32(37)43)28-9-8-24(35)18-38-28/h4-9,12,15-20H,10-11,13-14H2,1-3H3,(H2,36,39)(H2,37,43). The number of rotatable bonds is 6. The number of benzene rings is 2. The van der Waals surface area contributed by atoms with Gasteiger partial charge in [0.2, 0.25) is 5.91 Å². The predicted molar refractivity (Wildman–Crippen MR) is 171 cm³/mol. The van der Waals surface area contributed by atoms with Gasteiger partial charge in [-0.25, -0.2) is 9.37 Å². The highest BCUT2D eigenvalue weighted by molar-refractivity contribution is 6.03. The molecule has 11 heteroatoms. The summed E-state index contributed by atoms with van der Waals surface area (Å²) in [5.74, 6) is -0.390. The number of aryl methyl sites for hydroxylation is 1. The number of pyridine rings is 2. The van der Waals surface area contributed by atoms with Gasteiger partial charge in [0.25, 0.3) is 11.5 Å². The summed E-state index contributed by atoms with van der Waals surface area (Å²) in [5.41, 5.74) is 16.1. The molecule has 0 bridgehead atoms. The Balaban J connectivity index is 1.37. The molecule has 4 heterocycles. The van der Waals surface area contributed by atoms with Crippen molar-refractivity contribution >= 4 is 28.5 Å². The first kappa shape index (κ1) is 29.7. The smallest absolute Gasteiger partial charge is 0.269 e. The van der Waals surface area contributed by atoms with Gasteiger partial charge in [-0.1, -0.05) is 38.1 Å². The zero-order valence-corrected chi connectivity index (χ0v) is 25.3. The molecule has 2 amide bonds. The van der Waals surface area contributed by atoms with Crippen LogP contribution in [0.15, 0.2) is 71.8 Å². The molecule has 4 N–H and O–H groups in total. The number of primary amides is 1. The zero-order chi connectivity index (χ0) is 32.0. The second-order valence-corrected chi connectivity index (χ2v) is 11.8. The number of hydrogen-bond acceptors (Lipinski definition) is 6. The number of hydrogen-bond donors (Lipinski definition) is 2. The minimum atomic E-state index is -0.880. The first-order chi connectivity index (χ1) is 21.5. The summed E-state index contributed by atoms with van der Waals surface area (Å²) in [6, 6.07) is 16.0. The maximum absolute atomic E-state index is 13.4. The Labute approximate surface area is 259 Å². The molecule has 2 aromatic carbocycles. The highest BCUT2D eigenvalue weighted by atomic mass is 19.1. The van der Waals surface area contributed by atoms with Crippen LogP contribution in [-0.2, 0) is 11.8 Å². The predicted octanol–water partition coefficient (Wildman–Crippen LogP) is 4.64. The van der Waals surface area contributed by atoms with Crippen LogP contribution >= 0.6 is 0 Å². The molecule has 1 saturated heterocycles. The van der Waals surface area contributed by atoms with Crippen LogP contribution in [0.3, 0.4) is 0 Å². The van der Waals surface area contributed by atoms with E-state index in [0.717, 1.165) is 64.3 Å². The summed E-state index contributed by atoms with van der Waals surface area (Å²) in [4.78, 5) is 44.3. The maximum atomic E-state index is 13.4. The van der Waals surface area contributed by atoms with Gasteiger partial charge in [0.1, 0.15) is 17.2 Å². The van der Waals surface area contributed by atoms with Gasteiger partial charge < -0.3 is 16.4 Å². The summed E-state index contributed by atoms with van der Waals surface area (Å²) in [6.07, 6.45) is 4.22. The first-order valence-corrected chi connectivity index (χ1v) is 14.9. The molecular formula is C34H34FN7O3. The molecule has 0 spiro atoms. The molecule has 6 rings (SSSR count). The van der Waals surface area contributed by atoms with Crippen LogP contribution in [0.25, 0.3) is 39.0 Å². The number of nitrogens with zero attached hydrogens (tertiary/aromatic N) is 5. The second kappa shape index (κ2) is 11.6. The monoisotopic (exact) mass is 607 g/mol. The highest BCUT2D eigenvalue weighted by Gasteiger charge is 2.27. The molecular weight excluding hydrogens is 573 g/mol. The van der Waals surface area contributed by atoms with E-state index in [1.807, 2.05) is 50.1 Å². The van der Waals surface area contributed by atoms with Gasteiger partial charge in [-0.2, -0.15) is 5.10 Å². The number of likely N-dealkylation sites (tertiary alicyclic amines) is 1. The summed E-state index contributed by atoms with van der Waals surface area (Å²) in [5, 5.41) is 5.33. The molecule has 45 heavy (non-hydrogen) atoms. The number of amides is 2. The quantitative estimate of drug-likeness (QED) is 0.288. The molecule has 0 aliphatic carbocycles. The molecule has 1 aliphatic rings. The van der Waals surface area contributed by atoms with Gasteiger partial charge in [-0.15, -0.1) is 0 Å². The third-order valence-electron chi connectivity index (χ3n) is 8.58. The van der Waals surface area contributed by atoms with Gasteiger partial charge in [-0.05, 0) is 71.3 Å². The third-order valence-corrected chi connectivity index (χ3v) is 8.58. The van der Waals surface area contributed by atoms with Gasteiger partial charge in [-0.3, -0.25) is 23.6 Å². The number of aromatic nitrogens is 4. The van der Waals surface area contributed by atoms with Crippen molar-refractivity contribution in [2.45, 2.75) is 32.6 Å². The van der Waals surface area contributed by atoms with Crippen LogP contribution in [0.5, 0.6) is 0 Å². The van der Waals surface area contributed by atoms with E-state index in [1.165, 1.54) is 18.3 Å². The largest absolute Gasteiger partial charge is 0.382 e. The van der Waals surface area contributed by atoms with Crippen LogP contribution in [0.2, 0.25) is 0 Å². The van der Waals surface area contributed by atoms with Crippen LogP contribution in [0.1, 0.15) is 48.5 Å². The van der Waals surface area contributed by atoms with E-state index < -0.39 is 17.3 Å². The number of carbonyl (C=O) groups is 2. The van der Waals surface area contributed by atoms with E-state index in [2.05, 4.69) is 22.2 Å². The minimum absolute atomic E-state index is 0.0207. The van der Waals surface area contributed by atoms with Crippen molar-refractivity contribution in [2.75, 3.05) is 18.8 Å². The molecule has 0 atom stereocenters. The Morgan fingerprint density at radius 2 is 1.64 bits per heavy atom. The first-order valence-electron chi connectivity index (χ1n) is 14.9. The average molecular weight is 608 g/mol. The molecule has 0 saturated carbocycles. The number of piperidine rings is 1. The number of fused-ring (bicyclic) bond motifs is 1. The van der Waals surface area contributed by atoms with Gasteiger partial charge in [0, 0.05) is 37.8 Å². The number of halogens is 1. The third kappa shape index (κ3) is 5.45. The Kier molecular flexibility index (Phi) is 7.69. The Morgan fingerprint density at radius 3 is 2.24 bits per heavy atom. The van der Waals surface area contributed by atoms with Gasteiger partial charge >= 0.3 is 0 Å². The summed E-state index contributed by atoms with van der Waals surface area (Å²) < 4.78 is 16.3. The van der Waals surface area contributed by atoms with Crippen molar-refractivity contribution in [3.63, 3.8) is 0 Å². The van der Waals surface area contributed by atoms with Crippen molar-refractivity contribution in [1.29, 1.82) is 0 Å². The lowest BCUT2D eigenvalue weighted by Crippen LogP contribution is -2.40. The highest BCUT2D eigenvalue weighted by Crippen LogP contribution is 2.39. The maximum Gasteiger partial charge on any atom is 0.269 e. The Bertz CT molecular complexity index is 1990. The van der Waals surface area contributed by atoms with E-state index in [1.54, 1.807) is 10.7 Å². The lowest BCUT2D eigenvalue weighted by molar-refractivity contribution is -0.135. The summed E-state index contributed by atoms with van der Waals surface area (Å²) >= 11 is 0.